The number of aryl methyl sites for hydroxylation is 1. The Hall–Kier alpha value is -2.78. The van der Waals surface area contributed by atoms with Crippen LogP contribution in [0.5, 0.6) is 0 Å². The first-order valence-electron chi connectivity index (χ1n) is 12.6. The van der Waals surface area contributed by atoms with E-state index in [-0.39, 0.29) is 29.1 Å². The summed E-state index contributed by atoms with van der Waals surface area (Å²) in [5, 5.41) is 3.81. The number of amides is 2. The topological polar surface area (TPSA) is 86.8 Å². The van der Waals surface area contributed by atoms with Gasteiger partial charge < -0.3 is 10.2 Å². The molecule has 0 spiro atoms. The molecule has 1 atom stereocenters. The highest BCUT2D eigenvalue weighted by Crippen LogP contribution is 2.31. The van der Waals surface area contributed by atoms with E-state index in [2.05, 4.69) is 5.32 Å². The molecule has 0 bridgehead atoms. The molecular formula is C29H32Cl3N3O4S. The lowest BCUT2D eigenvalue weighted by molar-refractivity contribution is -0.139. The van der Waals surface area contributed by atoms with Crippen molar-refractivity contribution in [3.05, 3.63) is 92.4 Å². The van der Waals surface area contributed by atoms with E-state index in [9.17, 15) is 18.0 Å². The molecule has 7 nitrogen and oxygen atoms in total. The third-order valence-electron chi connectivity index (χ3n) is 6.33. The predicted octanol–water partition coefficient (Wildman–Crippen LogP) is 6.40. The normalized spacial score (nSPS) is 12.2. The summed E-state index contributed by atoms with van der Waals surface area (Å²) >= 11 is 18.6. The SMILES string of the molecule is Cc1ccc(S(=O)(=O)N(CC(=O)N(Cc2ccc(Cl)c(Cl)c2)C(C)C(=O)NC(C)C)c2cccc(Cl)c2C)cc1. The fourth-order valence-corrected chi connectivity index (χ4v) is 6.00. The quantitative estimate of drug-likeness (QED) is 0.283. The van der Waals surface area contributed by atoms with Crippen LogP contribution in [0.2, 0.25) is 15.1 Å². The van der Waals surface area contributed by atoms with Gasteiger partial charge in [0.05, 0.1) is 20.6 Å². The number of nitrogens with one attached hydrogen (secondary N) is 1. The first-order chi connectivity index (χ1) is 18.7. The van der Waals surface area contributed by atoms with Crippen molar-refractivity contribution in [2.75, 3.05) is 10.8 Å². The summed E-state index contributed by atoms with van der Waals surface area (Å²) in [5.41, 5.74) is 2.27. The van der Waals surface area contributed by atoms with Crippen molar-refractivity contribution in [1.29, 1.82) is 0 Å². The molecule has 0 saturated carbocycles. The molecular weight excluding hydrogens is 593 g/mol. The lowest BCUT2D eigenvalue weighted by atomic mass is 10.1. The molecule has 2 amide bonds. The van der Waals surface area contributed by atoms with Crippen LogP contribution in [0.4, 0.5) is 5.69 Å². The van der Waals surface area contributed by atoms with E-state index >= 15 is 0 Å². The summed E-state index contributed by atoms with van der Waals surface area (Å²) in [6.45, 7) is 8.18. The van der Waals surface area contributed by atoms with Crippen molar-refractivity contribution in [3.63, 3.8) is 0 Å². The second-order valence-corrected chi connectivity index (χ2v) is 12.9. The van der Waals surface area contributed by atoms with Gasteiger partial charge in [0.1, 0.15) is 12.6 Å². The van der Waals surface area contributed by atoms with Gasteiger partial charge in [0, 0.05) is 17.6 Å². The molecule has 1 N–H and O–H groups in total. The highest BCUT2D eigenvalue weighted by molar-refractivity contribution is 7.92. The molecule has 0 aliphatic rings. The van der Waals surface area contributed by atoms with Crippen molar-refractivity contribution in [1.82, 2.24) is 10.2 Å². The largest absolute Gasteiger partial charge is 0.352 e. The summed E-state index contributed by atoms with van der Waals surface area (Å²) in [4.78, 5) is 28.4. The van der Waals surface area contributed by atoms with Gasteiger partial charge in [0.25, 0.3) is 10.0 Å². The van der Waals surface area contributed by atoms with Crippen LogP contribution < -0.4 is 9.62 Å². The van der Waals surface area contributed by atoms with Gasteiger partial charge in [-0.3, -0.25) is 13.9 Å². The molecule has 0 fully saturated rings. The minimum absolute atomic E-state index is 0.00461. The van der Waals surface area contributed by atoms with E-state index in [1.54, 1.807) is 62.4 Å². The fraction of sp³-hybridized carbons (Fsp3) is 0.310. The first kappa shape index (κ1) is 31.7. The number of nitrogens with zero attached hydrogens (tertiary/aromatic N) is 2. The number of carbonyl (C=O) groups is 2. The number of carbonyl (C=O) groups excluding carboxylic acids is 2. The van der Waals surface area contributed by atoms with Gasteiger partial charge in [0.15, 0.2) is 0 Å². The van der Waals surface area contributed by atoms with Crippen LogP contribution in [0, 0.1) is 13.8 Å². The van der Waals surface area contributed by atoms with Gasteiger partial charge in [-0.05, 0) is 82.1 Å². The molecule has 0 heterocycles. The Morgan fingerprint density at radius 3 is 2.12 bits per heavy atom. The Morgan fingerprint density at radius 1 is 0.875 bits per heavy atom. The van der Waals surface area contributed by atoms with Crippen LogP contribution >= 0.6 is 34.8 Å². The minimum atomic E-state index is -4.20. The van der Waals surface area contributed by atoms with Crippen molar-refractivity contribution in [3.8, 4) is 0 Å². The average Bonchev–Trinajstić information content (AvgIpc) is 2.89. The molecule has 0 aliphatic carbocycles. The van der Waals surface area contributed by atoms with Crippen molar-refractivity contribution in [2.24, 2.45) is 0 Å². The van der Waals surface area contributed by atoms with Gasteiger partial charge in [-0.2, -0.15) is 0 Å². The molecule has 3 aromatic rings. The van der Waals surface area contributed by atoms with Crippen LogP contribution in [0.3, 0.4) is 0 Å². The maximum absolute atomic E-state index is 14.0. The Bertz CT molecular complexity index is 1490. The summed E-state index contributed by atoms with van der Waals surface area (Å²) in [6.07, 6.45) is 0. The maximum atomic E-state index is 14.0. The zero-order chi connectivity index (χ0) is 29.8. The summed E-state index contributed by atoms with van der Waals surface area (Å²) in [7, 11) is -4.20. The van der Waals surface area contributed by atoms with Crippen LogP contribution in [0.15, 0.2) is 65.6 Å². The van der Waals surface area contributed by atoms with Gasteiger partial charge in [-0.1, -0.05) is 64.6 Å². The average molecular weight is 625 g/mol. The Morgan fingerprint density at radius 2 is 1.52 bits per heavy atom. The van der Waals surface area contributed by atoms with Gasteiger partial charge in [-0.15, -0.1) is 0 Å². The molecule has 1 unspecified atom stereocenters. The van der Waals surface area contributed by atoms with Gasteiger partial charge in [-0.25, -0.2) is 8.42 Å². The summed E-state index contributed by atoms with van der Waals surface area (Å²) in [6, 6.07) is 15.1. The monoisotopic (exact) mass is 623 g/mol. The zero-order valence-electron chi connectivity index (χ0n) is 22.9. The maximum Gasteiger partial charge on any atom is 0.264 e. The molecule has 3 rings (SSSR count). The van der Waals surface area contributed by atoms with Gasteiger partial charge in [0.2, 0.25) is 11.8 Å². The Balaban J connectivity index is 2.09. The number of benzene rings is 3. The van der Waals surface area contributed by atoms with Crippen LogP contribution in [0.25, 0.3) is 0 Å². The lowest BCUT2D eigenvalue weighted by Crippen LogP contribution is -2.52. The van der Waals surface area contributed by atoms with Crippen molar-refractivity contribution in [2.45, 2.75) is 58.1 Å². The summed E-state index contributed by atoms with van der Waals surface area (Å²) < 4.78 is 28.9. The molecule has 40 heavy (non-hydrogen) atoms. The Labute approximate surface area is 251 Å². The van der Waals surface area contributed by atoms with Crippen LogP contribution in [0.1, 0.15) is 37.5 Å². The number of halogens is 3. The predicted molar refractivity (Wildman–Crippen MR) is 162 cm³/mol. The lowest BCUT2D eigenvalue weighted by Gasteiger charge is -2.33. The number of sulfonamides is 1. The van der Waals surface area contributed by atoms with E-state index < -0.39 is 28.5 Å². The molecule has 214 valence electrons. The molecule has 0 aromatic heterocycles. The van der Waals surface area contributed by atoms with E-state index in [4.69, 9.17) is 34.8 Å². The smallest absolute Gasteiger partial charge is 0.264 e. The summed E-state index contributed by atoms with van der Waals surface area (Å²) in [5.74, 6) is -0.970. The van der Waals surface area contributed by atoms with Gasteiger partial charge >= 0.3 is 0 Å². The fourth-order valence-electron chi connectivity index (χ4n) is 4.04. The number of hydrogen-bond donors (Lipinski definition) is 1. The molecule has 0 aliphatic heterocycles. The van der Waals surface area contributed by atoms with E-state index in [0.717, 1.165) is 9.87 Å². The first-order valence-corrected chi connectivity index (χ1v) is 15.2. The third kappa shape index (κ3) is 7.49. The number of anilines is 1. The molecule has 11 heteroatoms. The van der Waals surface area contributed by atoms with Crippen molar-refractivity contribution >= 4 is 62.3 Å². The van der Waals surface area contributed by atoms with Crippen molar-refractivity contribution < 1.29 is 18.0 Å². The van der Waals surface area contributed by atoms with E-state index in [0.29, 0.717) is 26.2 Å². The second kappa shape index (κ2) is 13.3. The minimum Gasteiger partial charge on any atom is -0.352 e. The Kier molecular flexibility index (Phi) is 10.5. The van der Waals surface area contributed by atoms with E-state index in [1.807, 2.05) is 20.8 Å². The highest BCUT2D eigenvalue weighted by Gasteiger charge is 2.33. The molecule has 0 radical (unpaired) electrons. The molecule has 3 aromatic carbocycles. The second-order valence-electron chi connectivity index (χ2n) is 9.82. The zero-order valence-corrected chi connectivity index (χ0v) is 26.0. The third-order valence-corrected chi connectivity index (χ3v) is 9.25. The number of rotatable bonds is 10. The highest BCUT2D eigenvalue weighted by atomic mass is 35.5. The van der Waals surface area contributed by atoms with Crippen LogP contribution in [-0.4, -0.2) is 43.8 Å². The molecule has 0 saturated heterocycles. The van der Waals surface area contributed by atoms with Crippen LogP contribution in [-0.2, 0) is 26.2 Å². The van der Waals surface area contributed by atoms with E-state index in [1.165, 1.54) is 17.0 Å². The number of hydrogen-bond acceptors (Lipinski definition) is 4. The standard InChI is InChI=1S/C29H32Cl3N3O4S/c1-18(2)33-29(37)21(5)34(16-22-11-14-25(31)26(32)15-22)28(36)17-35(27-8-6-7-24(30)20(27)4)40(38,39)23-12-9-19(3)10-13-23/h6-15,18,21H,16-17H2,1-5H3,(H,33,37).